The molecule has 1 aliphatic rings. The van der Waals surface area contributed by atoms with Gasteiger partial charge in [0.25, 0.3) is 0 Å². The fourth-order valence-electron chi connectivity index (χ4n) is 3.54. The average molecular weight is 386 g/mol. The predicted octanol–water partition coefficient (Wildman–Crippen LogP) is 3.35. The van der Waals surface area contributed by atoms with Gasteiger partial charge in [-0.3, -0.25) is 9.38 Å². The lowest BCUT2D eigenvalue weighted by Gasteiger charge is -2.12. The second kappa shape index (κ2) is 6.87. The summed E-state index contributed by atoms with van der Waals surface area (Å²) in [6.45, 7) is 0.795. The van der Waals surface area contributed by atoms with Gasteiger partial charge in [-0.25, -0.2) is 14.4 Å². The molecule has 4 heterocycles. The Labute approximate surface area is 165 Å². The monoisotopic (exact) mass is 386 g/mol. The molecule has 5 rings (SSSR count). The number of nitrogens with one attached hydrogen (secondary N) is 1. The SMILES string of the molecule is N#Cc1cn2c(NCc3c(F)ccc4c3CCO4)ncc(-c3ccccn3)c2n1. The zero-order chi connectivity index (χ0) is 19.8. The molecule has 0 amide bonds. The second-order valence-electron chi connectivity index (χ2n) is 6.60. The number of ether oxygens (including phenoxy) is 1. The summed E-state index contributed by atoms with van der Waals surface area (Å²) in [5.41, 5.74) is 3.67. The van der Waals surface area contributed by atoms with Crippen LogP contribution in [0.15, 0.2) is 48.9 Å². The molecule has 0 spiro atoms. The molecule has 7 nitrogen and oxygen atoms in total. The maximum Gasteiger partial charge on any atom is 0.208 e. The number of nitrogens with zero attached hydrogens (tertiary/aromatic N) is 5. The van der Waals surface area contributed by atoms with Crippen LogP contribution in [0.5, 0.6) is 5.75 Å². The Hall–Kier alpha value is -3.99. The smallest absolute Gasteiger partial charge is 0.208 e. The van der Waals surface area contributed by atoms with Gasteiger partial charge >= 0.3 is 0 Å². The van der Waals surface area contributed by atoms with Crippen molar-refractivity contribution < 1.29 is 9.13 Å². The first-order valence-electron chi connectivity index (χ1n) is 9.11. The highest BCUT2D eigenvalue weighted by Crippen LogP contribution is 2.31. The molecule has 3 aromatic heterocycles. The second-order valence-corrected chi connectivity index (χ2v) is 6.60. The first-order chi connectivity index (χ1) is 14.2. The van der Waals surface area contributed by atoms with Crippen LogP contribution in [0.4, 0.5) is 10.3 Å². The highest BCUT2D eigenvalue weighted by Gasteiger charge is 2.20. The van der Waals surface area contributed by atoms with E-state index >= 15 is 0 Å². The molecule has 0 radical (unpaired) electrons. The standard InChI is InChI=1S/C21H15FN6O/c22-17-4-5-19-14(6-8-29-19)15(17)10-25-21-26-11-16(18-3-1-2-7-24-18)20-27-13(9-23)12-28(20)21/h1-5,7,11-12H,6,8,10H2,(H,25,26). The van der Waals surface area contributed by atoms with Crippen LogP contribution in [-0.4, -0.2) is 26.0 Å². The average Bonchev–Trinajstić information content (AvgIpc) is 3.40. The fraction of sp³-hybridized carbons (Fsp3) is 0.143. The minimum atomic E-state index is -0.286. The van der Waals surface area contributed by atoms with E-state index in [4.69, 9.17) is 4.74 Å². The van der Waals surface area contributed by atoms with Crippen LogP contribution in [-0.2, 0) is 13.0 Å². The lowest BCUT2D eigenvalue weighted by molar-refractivity contribution is 0.356. The summed E-state index contributed by atoms with van der Waals surface area (Å²) >= 11 is 0. The number of pyridine rings is 1. The van der Waals surface area contributed by atoms with Gasteiger partial charge < -0.3 is 10.1 Å². The molecule has 142 valence electrons. The van der Waals surface area contributed by atoms with Gasteiger partial charge in [-0.15, -0.1) is 0 Å². The number of imidazole rings is 1. The summed E-state index contributed by atoms with van der Waals surface area (Å²) in [4.78, 5) is 13.2. The van der Waals surface area contributed by atoms with E-state index in [1.165, 1.54) is 6.07 Å². The predicted molar refractivity (Wildman–Crippen MR) is 104 cm³/mol. The lowest BCUT2D eigenvalue weighted by atomic mass is 10.0. The normalized spacial score (nSPS) is 12.4. The summed E-state index contributed by atoms with van der Waals surface area (Å²) in [5.74, 6) is 0.900. The maximum atomic E-state index is 14.4. The van der Waals surface area contributed by atoms with Crippen LogP contribution < -0.4 is 10.1 Å². The van der Waals surface area contributed by atoms with Crippen molar-refractivity contribution in [3.8, 4) is 23.1 Å². The Morgan fingerprint density at radius 1 is 1.24 bits per heavy atom. The van der Waals surface area contributed by atoms with Crippen molar-refractivity contribution in [2.75, 3.05) is 11.9 Å². The molecular weight excluding hydrogens is 371 g/mol. The molecule has 0 atom stereocenters. The molecule has 0 saturated heterocycles. The van der Waals surface area contributed by atoms with Gasteiger partial charge in [0, 0.05) is 36.5 Å². The van der Waals surface area contributed by atoms with Crippen molar-refractivity contribution in [1.82, 2.24) is 19.4 Å². The molecule has 29 heavy (non-hydrogen) atoms. The molecule has 4 aromatic rings. The molecule has 0 unspecified atom stereocenters. The van der Waals surface area contributed by atoms with Gasteiger partial charge in [-0.2, -0.15) is 5.26 Å². The zero-order valence-electron chi connectivity index (χ0n) is 15.3. The molecule has 8 heteroatoms. The minimum absolute atomic E-state index is 0.240. The van der Waals surface area contributed by atoms with Gasteiger partial charge in [0.15, 0.2) is 11.3 Å². The van der Waals surface area contributed by atoms with Gasteiger partial charge in [-0.1, -0.05) is 6.07 Å². The Morgan fingerprint density at radius 2 is 2.17 bits per heavy atom. The molecule has 1 N–H and O–H groups in total. The highest BCUT2D eigenvalue weighted by molar-refractivity contribution is 5.76. The number of fused-ring (bicyclic) bond motifs is 2. The van der Waals surface area contributed by atoms with E-state index in [1.807, 2.05) is 18.2 Å². The minimum Gasteiger partial charge on any atom is -0.493 e. The van der Waals surface area contributed by atoms with Crippen LogP contribution in [0.25, 0.3) is 16.9 Å². The summed E-state index contributed by atoms with van der Waals surface area (Å²) in [5, 5.41) is 12.5. The summed E-state index contributed by atoms with van der Waals surface area (Å²) in [6.07, 6.45) is 5.62. The van der Waals surface area contributed by atoms with Crippen LogP contribution >= 0.6 is 0 Å². The number of hydrogen-bond donors (Lipinski definition) is 1. The third-order valence-corrected chi connectivity index (χ3v) is 4.91. The fourth-order valence-corrected chi connectivity index (χ4v) is 3.54. The first kappa shape index (κ1) is 17.1. The van der Waals surface area contributed by atoms with Crippen molar-refractivity contribution in [3.05, 3.63) is 71.6 Å². The van der Waals surface area contributed by atoms with E-state index in [1.54, 1.807) is 29.1 Å². The number of rotatable bonds is 4. The van der Waals surface area contributed by atoms with Crippen molar-refractivity contribution in [2.24, 2.45) is 0 Å². The largest absolute Gasteiger partial charge is 0.493 e. The third-order valence-electron chi connectivity index (χ3n) is 4.91. The quantitative estimate of drug-likeness (QED) is 0.579. The molecule has 0 saturated carbocycles. The Morgan fingerprint density at radius 3 is 3.00 bits per heavy atom. The Balaban J connectivity index is 1.55. The molecule has 0 fully saturated rings. The number of aromatic nitrogens is 4. The summed E-state index contributed by atoms with van der Waals surface area (Å²) in [7, 11) is 0. The molecule has 1 aliphatic heterocycles. The first-order valence-corrected chi connectivity index (χ1v) is 9.11. The molecule has 0 bridgehead atoms. The van der Waals surface area contributed by atoms with Gasteiger partial charge in [0.05, 0.1) is 24.1 Å². The van der Waals surface area contributed by atoms with E-state index in [-0.39, 0.29) is 18.1 Å². The van der Waals surface area contributed by atoms with Crippen LogP contribution in [0, 0.1) is 17.1 Å². The van der Waals surface area contributed by atoms with E-state index < -0.39 is 0 Å². The highest BCUT2D eigenvalue weighted by atomic mass is 19.1. The van der Waals surface area contributed by atoms with Crippen LogP contribution in [0.2, 0.25) is 0 Å². The number of halogens is 1. The number of anilines is 1. The van der Waals surface area contributed by atoms with Crippen molar-refractivity contribution in [3.63, 3.8) is 0 Å². The van der Waals surface area contributed by atoms with Crippen molar-refractivity contribution in [1.29, 1.82) is 5.26 Å². The van der Waals surface area contributed by atoms with E-state index in [2.05, 4.69) is 26.3 Å². The van der Waals surface area contributed by atoms with Gasteiger partial charge in [0.2, 0.25) is 5.95 Å². The van der Waals surface area contributed by atoms with Gasteiger partial charge in [0.1, 0.15) is 17.6 Å². The number of nitriles is 1. The van der Waals surface area contributed by atoms with Gasteiger partial charge in [-0.05, 0) is 24.3 Å². The van der Waals surface area contributed by atoms with Crippen molar-refractivity contribution >= 4 is 11.6 Å². The number of benzene rings is 1. The third kappa shape index (κ3) is 2.93. The van der Waals surface area contributed by atoms with E-state index in [0.717, 1.165) is 11.3 Å². The zero-order valence-corrected chi connectivity index (χ0v) is 15.3. The van der Waals surface area contributed by atoms with E-state index in [0.29, 0.717) is 41.4 Å². The topological polar surface area (TPSA) is 88.1 Å². The molecular formula is C21H15FN6O. The maximum absolute atomic E-state index is 14.4. The molecule has 0 aliphatic carbocycles. The lowest BCUT2D eigenvalue weighted by Crippen LogP contribution is -2.09. The summed E-state index contributed by atoms with van der Waals surface area (Å²) in [6, 6.07) is 10.7. The molecule has 1 aromatic carbocycles. The Bertz CT molecular complexity index is 1260. The summed E-state index contributed by atoms with van der Waals surface area (Å²) < 4.78 is 21.6. The van der Waals surface area contributed by atoms with Crippen molar-refractivity contribution in [2.45, 2.75) is 13.0 Å². The van der Waals surface area contributed by atoms with Crippen LogP contribution in [0.3, 0.4) is 0 Å². The van der Waals surface area contributed by atoms with E-state index in [9.17, 15) is 9.65 Å². The Kier molecular flexibility index (Phi) is 4.06. The number of hydrogen-bond acceptors (Lipinski definition) is 6. The van der Waals surface area contributed by atoms with Crippen LogP contribution in [0.1, 0.15) is 16.8 Å².